The fourth-order valence-electron chi connectivity index (χ4n) is 2.70. The van der Waals surface area contributed by atoms with Crippen molar-refractivity contribution in [1.82, 2.24) is 4.90 Å². The zero-order chi connectivity index (χ0) is 18.5. The molecule has 0 amide bonds. The lowest BCUT2D eigenvalue weighted by molar-refractivity contribution is -0.254. The van der Waals surface area contributed by atoms with Gasteiger partial charge in [0.2, 0.25) is 0 Å². The second kappa shape index (κ2) is 7.74. The summed E-state index contributed by atoms with van der Waals surface area (Å²) in [5.74, 6) is -4.78. The number of fused-ring (bicyclic) bond motifs is 1. The molecule has 24 heavy (non-hydrogen) atoms. The SMILES string of the molecule is CN(C)CCCC1(O)OC(C)(C)c2ccccc21.O=C(O)C(=O)O. The summed E-state index contributed by atoms with van der Waals surface area (Å²) < 4.78 is 5.93. The highest BCUT2D eigenvalue weighted by Crippen LogP contribution is 2.47. The smallest absolute Gasteiger partial charge is 0.414 e. The molecule has 7 nitrogen and oxygen atoms in total. The van der Waals surface area contributed by atoms with Gasteiger partial charge in [-0.05, 0) is 46.5 Å². The van der Waals surface area contributed by atoms with Crippen molar-refractivity contribution in [1.29, 1.82) is 0 Å². The van der Waals surface area contributed by atoms with E-state index in [1.165, 1.54) is 0 Å². The van der Waals surface area contributed by atoms with Gasteiger partial charge in [-0.25, -0.2) is 9.59 Å². The Balaban J connectivity index is 0.000000413. The topological polar surface area (TPSA) is 107 Å². The third-order valence-corrected chi connectivity index (χ3v) is 3.72. The van der Waals surface area contributed by atoms with Crippen LogP contribution in [-0.2, 0) is 25.7 Å². The Labute approximate surface area is 141 Å². The van der Waals surface area contributed by atoms with Gasteiger partial charge in [-0.1, -0.05) is 24.3 Å². The van der Waals surface area contributed by atoms with Gasteiger partial charge in [0.15, 0.2) is 5.79 Å². The normalized spacial score (nSPS) is 20.9. The fraction of sp³-hybridized carbons (Fsp3) is 0.529. The average Bonchev–Trinajstić information content (AvgIpc) is 2.67. The Morgan fingerprint density at radius 1 is 1.08 bits per heavy atom. The van der Waals surface area contributed by atoms with Crippen molar-refractivity contribution in [3.63, 3.8) is 0 Å². The second-order valence-corrected chi connectivity index (χ2v) is 6.46. The van der Waals surface area contributed by atoms with Crippen LogP contribution in [0.3, 0.4) is 0 Å². The highest BCUT2D eigenvalue weighted by Gasteiger charge is 2.47. The van der Waals surface area contributed by atoms with E-state index in [-0.39, 0.29) is 0 Å². The number of hydrogen-bond donors (Lipinski definition) is 3. The van der Waals surface area contributed by atoms with Gasteiger partial charge in [-0.3, -0.25) is 0 Å². The van der Waals surface area contributed by atoms with Crippen LogP contribution in [0.15, 0.2) is 24.3 Å². The van der Waals surface area contributed by atoms with Crippen molar-refractivity contribution in [2.24, 2.45) is 0 Å². The van der Waals surface area contributed by atoms with E-state index in [1.54, 1.807) is 0 Å². The van der Waals surface area contributed by atoms with Gasteiger partial charge in [-0.2, -0.15) is 0 Å². The van der Waals surface area contributed by atoms with E-state index in [0.29, 0.717) is 6.42 Å². The molecule has 1 heterocycles. The molecule has 1 aliphatic heterocycles. The number of aliphatic carboxylic acids is 2. The van der Waals surface area contributed by atoms with E-state index in [9.17, 15) is 5.11 Å². The quantitative estimate of drug-likeness (QED) is 0.715. The van der Waals surface area contributed by atoms with Crippen molar-refractivity contribution < 1.29 is 29.6 Å². The summed E-state index contributed by atoms with van der Waals surface area (Å²) in [5, 5.41) is 25.5. The van der Waals surface area contributed by atoms with E-state index in [2.05, 4.69) is 4.90 Å². The Bertz CT molecular complexity index is 586. The number of rotatable bonds is 4. The van der Waals surface area contributed by atoms with Gasteiger partial charge in [0.25, 0.3) is 0 Å². The predicted molar refractivity (Wildman–Crippen MR) is 87.5 cm³/mol. The predicted octanol–water partition coefficient (Wildman–Crippen LogP) is 1.59. The fourth-order valence-corrected chi connectivity index (χ4v) is 2.70. The average molecular weight is 339 g/mol. The first kappa shape index (κ1) is 20.1. The molecule has 1 atom stereocenters. The van der Waals surface area contributed by atoms with Gasteiger partial charge in [-0.15, -0.1) is 0 Å². The Morgan fingerprint density at radius 2 is 1.58 bits per heavy atom. The molecule has 0 fully saturated rings. The minimum absolute atomic E-state index is 0.413. The van der Waals surface area contributed by atoms with E-state index in [0.717, 1.165) is 24.1 Å². The van der Waals surface area contributed by atoms with Crippen molar-refractivity contribution in [2.75, 3.05) is 20.6 Å². The second-order valence-electron chi connectivity index (χ2n) is 6.46. The van der Waals surface area contributed by atoms with Gasteiger partial charge in [0, 0.05) is 12.0 Å². The Hall–Kier alpha value is -1.96. The number of carbonyl (C=O) groups is 2. The molecule has 1 aromatic carbocycles. The number of carboxylic acid groups (broad SMARTS) is 2. The molecule has 3 N–H and O–H groups in total. The van der Waals surface area contributed by atoms with Gasteiger partial charge in [0.05, 0.1) is 5.60 Å². The standard InChI is InChI=1S/C15H23NO2.C2H2O4/c1-14(2)12-8-5-6-9-13(12)15(17,18-14)10-7-11-16(3)4;3-1(4)2(5)6/h5-6,8-9,17H,7,10-11H2,1-4H3;(H,3,4)(H,5,6). The van der Waals surface area contributed by atoms with E-state index in [1.807, 2.05) is 52.2 Å². The monoisotopic (exact) mass is 339 g/mol. The number of hydrogen-bond acceptors (Lipinski definition) is 5. The zero-order valence-electron chi connectivity index (χ0n) is 14.4. The largest absolute Gasteiger partial charge is 0.473 e. The van der Waals surface area contributed by atoms with Crippen LogP contribution >= 0.6 is 0 Å². The van der Waals surface area contributed by atoms with Crippen molar-refractivity contribution >= 4 is 11.9 Å². The van der Waals surface area contributed by atoms with Gasteiger partial charge < -0.3 is 25.0 Å². The summed E-state index contributed by atoms with van der Waals surface area (Å²) in [7, 11) is 4.08. The Morgan fingerprint density at radius 3 is 2.04 bits per heavy atom. The highest BCUT2D eigenvalue weighted by molar-refractivity contribution is 6.27. The minimum atomic E-state index is -1.82. The Kier molecular flexibility index (Phi) is 6.48. The maximum atomic E-state index is 10.8. The summed E-state index contributed by atoms with van der Waals surface area (Å²) in [6.07, 6.45) is 1.54. The number of benzene rings is 1. The molecule has 1 aliphatic rings. The molecular weight excluding hydrogens is 314 g/mol. The summed E-state index contributed by atoms with van der Waals surface area (Å²) in [6.45, 7) is 4.97. The van der Waals surface area contributed by atoms with Gasteiger partial charge in [0.1, 0.15) is 0 Å². The van der Waals surface area contributed by atoms with Crippen LogP contribution in [0, 0.1) is 0 Å². The summed E-state index contributed by atoms with van der Waals surface area (Å²) in [4.78, 5) is 20.3. The molecule has 0 aliphatic carbocycles. The molecule has 0 saturated heterocycles. The third kappa shape index (κ3) is 5.02. The lowest BCUT2D eigenvalue weighted by Crippen LogP contribution is -2.30. The first-order valence-electron chi connectivity index (χ1n) is 7.63. The maximum absolute atomic E-state index is 10.8. The van der Waals surface area contributed by atoms with E-state index < -0.39 is 23.3 Å². The number of nitrogens with zero attached hydrogens (tertiary/aromatic N) is 1. The van der Waals surface area contributed by atoms with Crippen molar-refractivity contribution in [3.05, 3.63) is 35.4 Å². The first-order chi connectivity index (χ1) is 11.0. The third-order valence-electron chi connectivity index (χ3n) is 3.72. The lowest BCUT2D eigenvalue weighted by atomic mass is 9.92. The van der Waals surface area contributed by atoms with Crippen LogP contribution in [0.25, 0.3) is 0 Å². The van der Waals surface area contributed by atoms with Crippen LogP contribution in [-0.4, -0.2) is 52.8 Å². The number of aliphatic hydroxyl groups is 1. The van der Waals surface area contributed by atoms with Crippen LogP contribution < -0.4 is 0 Å². The first-order valence-corrected chi connectivity index (χ1v) is 7.63. The maximum Gasteiger partial charge on any atom is 0.414 e. The minimum Gasteiger partial charge on any atom is -0.473 e. The summed E-state index contributed by atoms with van der Waals surface area (Å²) in [5.41, 5.74) is 1.61. The van der Waals surface area contributed by atoms with Crippen molar-refractivity contribution in [3.8, 4) is 0 Å². The van der Waals surface area contributed by atoms with Crippen LogP contribution in [0.4, 0.5) is 0 Å². The highest BCUT2D eigenvalue weighted by atomic mass is 16.6. The van der Waals surface area contributed by atoms with Crippen molar-refractivity contribution in [2.45, 2.75) is 38.1 Å². The molecule has 2 rings (SSSR count). The van der Waals surface area contributed by atoms with E-state index >= 15 is 0 Å². The van der Waals surface area contributed by atoms with Crippen LogP contribution in [0.1, 0.15) is 37.8 Å². The van der Waals surface area contributed by atoms with Gasteiger partial charge >= 0.3 is 11.9 Å². The molecule has 1 aromatic rings. The number of ether oxygens (including phenoxy) is 1. The molecule has 0 bridgehead atoms. The van der Waals surface area contributed by atoms with Crippen LogP contribution in [0.2, 0.25) is 0 Å². The lowest BCUT2D eigenvalue weighted by Gasteiger charge is -2.27. The van der Waals surface area contributed by atoms with Crippen LogP contribution in [0.5, 0.6) is 0 Å². The summed E-state index contributed by atoms with van der Waals surface area (Å²) in [6, 6.07) is 7.97. The zero-order valence-corrected chi connectivity index (χ0v) is 14.4. The molecule has 0 saturated carbocycles. The molecule has 0 aromatic heterocycles. The molecule has 0 spiro atoms. The molecule has 1 unspecified atom stereocenters. The van der Waals surface area contributed by atoms with E-state index in [4.69, 9.17) is 24.5 Å². The molecule has 134 valence electrons. The molecule has 7 heteroatoms. The molecule has 0 radical (unpaired) electrons. The number of carboxylic acids is 2. The molecular formula is C17H25NO6. The summed E-state index contributed by atoms with van der Waals surface area (Å²) >= 11 is 0.